The number of nitro benzene ring substituents is 1. The van der Waals surface area contributed by atoms with E-state index in [0.717, 1.165) is 12.1 Å². The van der Waals surface area contributed by atoms with Crippen LogP contribution < -0.4 is 0 Å². The lowest BCUT2D eigenvalue weighted by atomic mass is 10.3. The summed E-state index contributed by atoms with van der Waals surface area (Å²) in [7, 11) is 0. The first kappa shape index (κ1) is 13.2. The van der Waals surface area contributed by atoms with E-state index in [9.17, 15) is 27.7 Å². The summed E-state index contributed by atoms with van der Waals surface area (Å²) in [5, 5.41) is 10.5. The highest BCUT2D eigenvalue weighted by molar-refractivity contribution is 9.10. The minimum absolute atomic E-state index is 0.203. The molecular weight excluding hydrogens is 318 g/mol. The summed E-state index contributed by atoms with van der Waals surface area (Å²) in [6.07, 6.45) is 0. The zero-order chi connectivity index (χ0) is 12.5. The van der Waals surface area contributed by atoms with Crippen LogP contribution in [0.2, 0.25) is 0 Å². The fourth-order valence-corrected chi connectivity index (χ4v) is 2.19. The largest absolute Gasteiger partial charge is 0.446 e. The Kier molecular flexibility index (Phi) is 3.79. The third kappa shape index (κ3) is 3.08. The monoisotopic (exact) mass is 319 g/mol. The van der Waals surface area contributed by atoms with Crippen LogP contribution >= 0.6 is 27.7 Å². The number of alkyl halides is 3. The van der Waals surface area contributed by atoms with E-state index in [0.29, 0.717) is 0 Å². The minimum Gasteiger partial charge on any atom is -0.258 e. The van der Waals surface area contributed by atoms with E-state index in [1.807, 2.05) is 0 Å². The average molecular weight is 320 g/mol. The predicted octanol–water partition coefficient (Wildman–Crippen LogP) is 4.11. The second-order valence-corrected chi connectivity index (χ2v) is 4.44. The second-order valence-electron chi connectivity index (χ2n) is 2.51. The molecule has 1 aromatic carbocycles. The summed E-state index contributed by atoms with van der Waals surface area (Å²) in [4.78, 5) is 8.39. The van der Waals surface area contributed by atoms with E-state index in [2.05, 4.69) is 15.9 Å². The molecule has 0 aliphatic carbocycles. The summed E-state index contributed by atoms with van der Waals surface area (Å²) in [6, 6.07) is 1.71. The van der Waals surface area contributed by atoms with Crippen molar-refractivity contribution in [2.24, 2.45) is 0 Å². The van der Waals surface area contributed by atoms with Crippen LogP contribution in [0.5, 0.6) is 0 Å². The molecule has 0 heterocycles. The topological polar surface area (TPSA) is 43.1 Å². The van der Waals surface area contributed by atoms with E-state index in [-0.39, 0.29) is 4.47 Å². The van der Waals surface area contributed by atoms with E-state index in [4.69, 9.17) is 0 Å². The van der Waals surface area contributed by atoms with E-state index < -0.39 is 38.6 Å². The van der Waals surface area contributed by atoms with Crippen LogP contribution in [-0.4, -0.2) is 10.4 Å². The third-order valence-electron chi connectivity index (χ3n) is 1.43. The molecular formula is C7H2BrF4NO2S. The summed E-state index contributed by atoms with van der Waals surface area (Å²) >= 11 is 1.85. The van der Waals surface area contributed by atoms with E-state index >= 15 is 0 Å². The zero-order valence-electron chi connectivity index (χ0n) is 7.22. The van der Waals surface area contributed by atoms with Crippen molar-refractivity contribution in [2.45, 2.75) is 10.4 Å². The van der Waals surface area contributed by atoms with Gasteiger partial charge in [-0.05, 0) is 39.8 Å². The van der Waals surface area contributed by atoms with Gasteiger partial charge in [0.2, 0.25) is 0 Å². The van der Waals surface area contributed by atoms with Crippen LogP contribution in [0.25, 0.3) is 0 Å². The smallest absolute Gasteiger partial charge is 0.258 e. The number of nitrogens with zero attached hydrogens (tertiary/aromatic N) is 1. The van der Waals surface area contributed by atoms with E-state index in [1.54, 1.807) is 0 Å². The first-order valence-electron chi connectivity index (χ1n) is 3.60. The van der Waals surface area contributed by atoms with Gasteiger partial charge < -0.3 is 0 Å². The fraction of sp³-hybridized carbons (Fsp3) is 0.143. The minimum atomic E-state index is -4.79. The van der Waals surface area contributed by atoms with Crippen molar-refractivity contribution in [1.82, 2.24) is 0 Å². The SMILES string of the molecule is O=[N+]([O-])c1c(Br)ccc(F)c1SC(F)(F)F. The first-order valence-corrected chi connectivity index (χ1v) is 5.21. The van der Waals surface area contributed by atoms with Crippen LogP contribution in [0.1, 0.15) is 0 Å². The number of thioether (sulfide) groups is 1. The van der Waals surface area contributed by atoms with Crippen LogP contribution in [0.3, 0.4) is 0 Å². The molecule has 1 rings (SSSR count). The van der Waals surface area contributed by atoms with Crippen molar-refractivity contribution < 1.29 is 22.5 Å². The second kappa shape index (κ2) is 4.58. The van der Waals surface area contributed by atoms with Gasteiger partial charge in [0.1, 0.15) is 10.7 Å². The average Bonchev–Trinajstić information content (AvgIpc) is 2.08. The summed E-state index contributed by atoms with van der Waals surface area (Å²) in [6.45, 7) is 0. The number of hydrogen-bond donors (Lipinski definition) is 0. The Balaban J connectivity index is 3.35. The maximum Gasteiger partial charge on any atom is 0.446 e. The van der Waals surface area contributed by atoms with Gasteiger partial charge in [0, 0.05) is 0 Å². The number of nitro groups is 1. The van der Waals surface area contributed by atoms with E-state index in [1.165, 1.54) is 0 Å². The highest BCUT2D eigenvalue weighted by Gasteiger charge is 2.36. The molecule has 0 bridgehead atoms. The molecule has 0 aliphatic rings. The quantitative estimate of drug-likeness (QED) is 0.356. The van der Waals surface area contributed by atoms with Crippen LogP contribution in [0, 0.1) is 15.9 Å². The number of halogens is 5. The van der Waals surface area contributed by atoms with Gasteiger partial charge in [-0.15, -0.1) is 0 Å². The Bertz CT molecular complexity index is 437. The lowest BCUT2D eigenvalue weighted by Crippen LogP contribution is -2.03. The lowest BCUT2D eigenvalue weighted by molar-refractivity contribution is -0.388. The van der Waals surface area contributed by atoms with Gasteiger partial charge in [0.25, 0.3) is 5.69 Å². The molecule has 88 valence electrons. The van der Waals surface area contributed by atoms with Gasteiger partial charge in [-0.2, -0.15) is 13.2 Å². The Morgan fingerprint density at radius 2 is 1.94 bits per heavy atom. The molecule has 0 unspecified atom stereocenters. The Morgan fingerprint density at radius 3 is 2.38 bits per heavy atom. The van der Waals surface area contributed by atoms with Crippen molar-refractivity contribution in [3.05, 3.63) is 32.5 Å². The number of benzene rings is 1. The molecule has 0 radical (unpaired) electrons. The third-order valence-corrected chi connectivity index (χ3v) is 2.90. The summed E-state index contributed by atoms with van der Waals surface area (Å²) in [5.41, 5.74) is -5.71. The van der Waals surface area contributed by atoms with Gasteiger partial charge in [0.05, 0.1) is 9.40 Å². The van der Waals surface area contributed by atoms with Crippen molar-refractivity contribution in [3.8, 4) is 0 Å². The molecule has 0 atom stereocenters. The molecule has 0 amide bonds. The molecule has 0 aliphatic heterocycles. The van der Waals surface area contributed by atoms with Crippen molar-refractivity contribution >= 4 is 33.4 Å². The molecule has 0 saturated carbocycles. The summed E-state index contributed by atoms with van der Waals surface area (Å²) < 4.78 is 49.0. The molecule has 0 spiro atoms. The maximum atomic E-state index is 13.1. The molecule has 16 heavy (non-hydrogen) atoms. The molecule has 9 heteroatoms. The Hall–Kier alpha value is -0.830. The molecule has 3 nitrogen and oxygen atoms in total. The van der Waals surface area contributed by atoms with Crippen molar-refractivity contribution in [2.75, 3.05) is 0 Å². The molecule has 0 fully saturated rings. The number of rotatable bonds is 2. The molecule has 0 N–H and O–H groups in total. The van der Waals surface area contributed by atoms with Gasteiger partial charge in [-0.3, -0.25) is 10.1 Å². The standard InChI is InChI=1S/C7H2BrF4NO2S/c8-3-1-2-4(9)6(5(3)13(14)15)16-7(10,11)12/h1-2H. The highest BCUT2D eigenvalue weighted by atomic mass is 79.9. The molecule has 1 aromatic rings. The zero-order valence-corrected chi connectivity index (χ0v) is 9.62. The van der Waals surface area contributed by atoms with Gasteiger partial charge in [-0.1, -0.05) is 0 Å². The van der Waals surface area contributed by atoms with Gasteiger partial charge >= 0.3 is 5.51 Å². The Morgan fingerprint density at radius 1 is 1.38 bits per heavy atom. The number of hydrogen-bond acceptors (Lipinski definition) is 3. The van der Waals surface area contributed by atoms with Gasteiger partial charge in [0.15, 0.2) is 0 Å². The Labute approximate surface area is 99.1 Å². The van der Waals surface area contributed by atoms with Crippen LogP contribution in [0.4, 0.5) is 23.2 Å². The molecule has 0 saturated heterocycles. The maximum absolute atomic E-state index is 13.1. The van der Waals surface area contributed by atoms with Crippen molar-refractivity contribution in [1.29, 1.82) is 0 Å². The van der Waals surface area contributed by atoms with Crippen LogP contribution in [0.15, 0.2) is 21.5 Å². The highest BCUT2D eigenvalue weighted by Crippen LogP contribution is 2.45. The lowest BCUT2D eigenvalue weighted by Gasteiger charge is -2.07. The first-order chi connectivity index (χ1) is 7.22. The molecule has 0 aromatic heterocycles. The fourth-order valence-electron chi connectivity index (χ4n) is 0.905. The van der Waals surface area contributed by atoms with Crippen LogP contribution in [-0.2, 0) is 0 Å². The van der Waals surface area contributed by atoms with Crippen molar-refractivity contribution in [3.63, 3.8) is 0 Å². The summed E-state index contributed by atoms with van der Waals surface area (Å²) in [5.74, 6) is -1.28. The normalized spacial score (nSPS) is 11.6. The predicted molar refractivity (Wildman–Crippen MR) is 52.7 cm³/mol. The van der Waals surface area contributed by atoms with Gasteiger partial charge in [-0.25, -0.2) is 4.39 Å².